The first-order valence-electron chi connectivity index (χ1n) is 6.42. The Bertz CT molecular complexity index is 382. The molecule has 2 aliphatic heterocycles. The Labute approximate surface area is 102 Å². The van der Waals surface area contributed by atoms with Crippen LogP contribution in [0.4, 0.5) is 5.69 Å². The lowest BCUT2D eigenvalue weighted by molar-refractivity contribution is -0.0347. The molecule has 3 nitrogen and oxygen atoms in total. The molecule has 1 aromatic rings. The molecule has 4 atom stereocenters. The van der Waals surface area contributed by atoms with Gasteiger partial charge in [-0.1, -0.05) is 18.2 Å². The first-order valence-corrected chi connectivity index (χ1v) is 6.42. The van der Waals surface area contributed by atoms with Crippen molar-refractivity contribution in [3.63, 3.8) is 0 Å². The SMILES string of the molecule is CC1CCC(C(O)C2Cc3ccccc3N2)O1. The van der Waals surface area contributed by atoms with E-state index < -0.39 is 6.10 Å². The van der Waals surface area contributed by atoms with Crippen LogP contribution in [0.2, 0.25) is 0 Å². The molecule has 2 heterocycles. The van der Waals surface area contributed by atoms with Crippen molar-refractivity contribution < 1.29 is 9.84 Å². The number of aliphatic hydroxyl groups is 1. The standard InChI is InChI=1S/C14H19NO2/c1-9-6-7-13(17-9)14(16)12-8-10-4-2-3-5-11(10)15-12/h2-5,9,12-16H,6-8H2,1H3. The average Bonchev–Trinajstić information content (AvgIpc) is 2.93. The first-order chi connectivity index (χ1) is 8.24. The van der Waals surface area contributed by atoms with Gasteiger partial charge in [0, 0.05) is 5.69 Å². The van der Waals surface area contributed by atoms with Crippen LogP contribution in [-0.2, 0) is 11.2 Å². The summed E-state index contributed by atoms with van der Waals surface area (Å²) in [5.74, 6) is 0. The lowest BCUT2D eigenvalue weighted by atomic mass is 10.00. The predicted molar refractivity (Wildman–Crippen MR) is 67.1 cm³/mol. The summed E-state index contributed by atoms with van der Waals surface area (Å²) < 4.78 is 5.74. The van der Waals surface area contributed by atoms with Crippen molar-refractivity contribution in [2.45, 2.75) is 50.5 Å². The lowest BCUT2D eigenvalue weighted by Gasteiger charge is -2.24. The number of aliphatic hydroxyl groups excluding tert-OH is 1. The summed E-state index contributed by atoms with van der Waals surface area (Å²) in [6, 6.07) is 8.36. The second-order valence-electron chi connectivity index (χ2n) is 5.17. The number of fused-ring (bicyclic) bond motifs is 1. The van der Waals surface area contributed by atoms with Crippen LogP contribution in [0.5, 0.6) is 0 Å². The quantitative estimate of drug-likeness (QED) is 0.820. The summed E-state index contributed by atoms with van der Waals surface area (Å²) in [5, 5.41) is 13.7. The van der Waals surface area contributed by atoms with Gasteiger partial charge in [-0.05, 0) is 37.8 Å². The maximum Gasteiger partial charge on any atom is 0.101 e. The maximum absolute atomic E-state index is 10.4. The minimum absolute atomic E-state index is 0.00295. The van der Waals surface area contributed by atoms with E-state index in [1.165, 1.54) is 5.56 Å². The van der Waals surface area contributed by atoms with Crippen LogP contribution < -0.4 is 5.32 Å². The van der Waals surface area contributed by atoms with E-state index in [0.717, 1.165) is 24.9 Å². The minimum Gasteiger partial charge on any atom is -0.388 e. The molecule has 2 N–H and O–H groups in total. The van der Waals surface area contributed by atoms with Crippen molar-refractivity contribution in [1.29, 1.82) is 0 Å². The zero-order valence-electron chi connectivity index (χ0n) is 10.1. The molecule has 1 aromatic carbocycles. The Kier molecular flexibility index (Phi) is 2.81. The fraction of sp³-hybridized carbons (Fsp3) is 0.571. The molecule has 0 bridgehead atoms. The number of benzene rings is 1. The monoisotopic (exact) mass is 233 g/mol. The molecular weight excluding hydrogens is 214 g/mol. The van der Waals surface area contributed by atoms with Gasteiger partial charge in [0.05, 0.1) is 18.2 Å². The molecule has 0 saturated carbocycles. The predicted octanol–water partition coefficient (Wildman–Crippen LogP) is 1.95. The van der Waals surface area contributed by atoms with Gasteiger partial charge in [-0.2, -0.15) is 0 Å². The largest absolute Gasteiger partial charge is 0.388 e. The van der Waals surface area contributed by atoms with E-state index in [-0.39, 0.29) is 12.1 Å². The van der Waals surface area contributed by atoms with Crippen LogP contribution in [0.25, 0.3) is 0 Å². The van der Waals surface area contributed by atoms with Crippen LogP contribution >= 0.6 is 0 Å². The van der Waals surface area contributed by atoms with Gasteiger partial charge < -0.3 is 15.2 Å². The average molecular weight is 233 g/mol. The third-order valence-corrected chi connectivity index (χ3v) is 3.86. The molecule has 0 aromatic heterocycles. The van der Waals surface area contributed by atoms with Gasteiger partial charge in [-0.25, -0.2) is 0 Å². The number of para-hydroxylation sites is 1. The molecule has 3 heteroatoms. The molecule has 3 rings (SSSR count). The highest BCUT2D eigenvalue weighted by atomic mass is 16.5. The van der Waals surface area contributed by atoms with Crippen molar-refractivity contribution in [3.05, 3.63) is 29.8 Å². The Morgan fingerprint density at radius 3 is 2.88 bits per heavy atom. The van der Waals surface area contributed by atoms with Gasteiger partial charge in [0.1, 0.15) is 6.10 Å². The molecule has 0 aliphatic carbocycles. The Balaban J connectivity index is 1.68. The van der Waals surface area contributed by atoms with Crippen molar-refractivity contribution in [1.82, 2.24) is 0 Å². The van der Waals surface area contributed by atoms with Crippen LogP contribution in [0, 0.1) is 0 Å². The van der Waals surface area contributed by atoms with E-state index in [1.54, 1.807) is 0 Å². The van der Waals surface area contributed by atoms with Gasteiger partial charge >= 0.3 is 0 Å². The summed E-state index contributed by atoms with van der Waals surface area (Å²) >= 11 is 0. The van der Waals surface area contributed by atoms with Crippen molar-refractivity contribution >= 4 is 5.69 Å². The summed E-state index contributed by atoms with van der Waals surface area (Å²) in [4.78, 5) is 0. The molecule has 0 radical (unpaired) electrons. The third kappa shape index (κ3) is 2.05. The van der Waals surface area contributed by atoms with Crippen LogP contribution in [0.1, 0.15) is 25.3 Å². The van der Waals surface area contributed by atoms with Crippen LogP contribution in [0.3, 0.4) is 0 Å². The fourth-order valence-electron chi connectivity index (χ4n) is 2.88. The molecule has 1 saturated heterocycles. The first kappa shape index (κ1) is 11.1. The zero-order chi connectivity index (χ0) is 11.8. The highest BCUT2D eigenvalue weighted by Gasteiger charge is 2.36. The summed E-state index contributed by atoms with van der Waals surface area (Å²) in [7, 11) is 0. The van der Waals surface area contributed by atoms with E-state index in [0.29, 0.717) is 6.10 Å². The number of hydrogen-bond donors (Lipinski definition) is 2. The maximum atomic E-state index is 10.4. The Morgan fingerprint density at radius 2 is 2.18 bits per heavy atom. The van der Waals surface area contributed by atoms with Gasteiger partial charge in [0.25, 0.3) is 0 Å². The molecule has 4 unspecified atom stereocenters. The fourth-order valence-corrected chi connectivity index (χ4v) is 2.88. The molecule has 2 aliphatic rings. The highest BCUT2D eigenvalue weighted by molar-refractivity contribution is 5.56. The second kappa shape index (κ2) is 4.31. The smallest absolute Gasteiger partial charge is 0.101 e. The van der Waals surface area contributed by atoms with Crippen LogP contribution in [0.15, 0.2) is 24.3 Å². The summed E-state index contributed by atoms with van der Waals surface area (Å²) in [5.41, 5.74) is 2.45. The van der Waals surface area contributed by atoms with Gasteiger partial charge in [0.15, 0.2) is 0 Å². The zero-order valence-corrected chi connectivity index (χ0v) is 10.1. The van der Waals surface area contributed by atoms with Gasteiger partial charge in [-0.3, -0.25) is 0 Å². The molecule has 17 heavy (non-hydrogen) atoms. The summed E-state index contributed by atoms with van der Waals surface area (Å²) in [6.45, 7) is 2.07. The number of ether oxygens (including phenoxy) is 1. The van der Waals surface area contributed by atoms with E-state index in [4.69, 9.17) is 4.74 Å². The van der Waals surface area contributed by atoms with E-state index in [2.05, 4.69) is 24.4 Å². The van der Waals surface area contributed by atoms with Crippen molar-refractivity contribution in [2.24, 2.45) is 0 Å². The summed E-state index contributed by atoms with van der Waals surface area (Å²) in [6.07, 6.45) is 2.80. The normalized spacial score (nSPS) is 33.2. The second-order valence-corrected chi connectivity index (χ2v) is 5.17. The minimum atomic E-state index is -0.410. The molecular formula is C14H19NO2. The molecule has 92 valence electrons. The van der Waals surface area contributed by atoms with Crippen molar-refractivity contribution in [3.8, 4) is 0 Å². The third-order valence-electron chi connectivity index (χ3n) is 3.86. The molecule has 0 amide bonds. The topological polar surface area (TPSA) is 41.5 Å². The number of nitrogens with one attached hydrogen (secondary N) is 1. The number of anilines is 1. The van der Waals surface area contributed by atoms with Crippen LogP contribution in [-0.4, -0.2) is 29.5 Å². The molecule has 0 spiro atoms. The molecule has 1 fully saturated rings. The van der Waals surface area contributed by atoms with E-state index in [1.807, 2.05) is 12.1 Å². The van der Waals surface area contributed by atoms with Gasteiger partial charge in [-0.15, -0.1) is 0 Å². The lowest BCUT2D eigenvalue weighted by Crippen LogP contribution is -2.41. The Morgan fingerprint density at radius 1 is 1.35 bits per heavy atom. The van der Waals surface area contributed by atoms with Crippen molar-refractivity contribution in [2.75, 3.05) is 5.32 Å². The van der Waals surface area contributed by atoms with Gasteiger partial charge in [0.2, 0.25) is 0 Å². The number of hydrogen-bond acceptors (Lipinski definition) is 3. The number of rotatable bonds is 2. The van der Waals surface area contributed by atoms with E-state index >= 15 is 0 Å². The van der Waals surface area contributed by atoms with E-state index in [9.17, 15) is 5.11 Å². The Hall–Kier alpha value is -1.06. The highest BCUT2D eigenvalue weighted by Crippen LogP contribution is 2.31.